The van der Waals surface area contributed by atoms with Gasteiger partial charge in [-0.2, -0.15) is 0 Å². The van der Waals surface area contributed by atoms with Gasteiger partial charge in [-0.25, -0.2) is 9.78 Å². The van der Waals surface area contributed by atoms with Crippen LogP contribution >= 0.6 is 23.2 Å². The number of esters is 1. The third-order valence-electron chi connectivity index (χ3n) is 3.62. The predicted molar refractivity (Wildman–Crippen MR) is 103 cm³/mol. The zero-order valence-electron chi connectivity index (χ0n) is 14.1. The van der Waals surface area contributed by atoms with E-state index in [0.29, 0.717) is 22.9 Å². The zero-order valence-corrected chi connectivity index (χ0v) is 15.6. The van der Waals surface area contributed by atoms with Gasteiger partial charge in [0.15, 0.2) is 11.8 Å². The summed E-state index contributed by atoms with van der Waals surface area (Å²) in [6.07, 6.45) is 4.48. The number of ether oxygens (including phenoxy) is 1. The molecular weight excluding hydrogens is 389 g/mol. The number of imidazole rings is 1. The maximum Gasteiger partial charge on any atom is 0.331 e. The van der Waals surface area contributed by atoms with Crippen molar-refractivity contribution >= 4 is 46.8 Å². The fraction of sp³-hybridized carbons (Fsp3) is 0.105. The van der Waals surface area contributed by atoms with Gasteiger partial charge in [0.2, 0.25) is 0 Å². The molecule has 0 spiro atoms. The third kappa shape index (κ3) is 5.09. The average Bonchev–Trinajstić information content (AvgIpc) is 2.98. The van der Waals surface area contributed by atoms with E-state index in [1.54, 1.807) is 34.9 Å². The molecule has 2 heterocycles. The summed E-state index contributed by atoms with van der Waals surface area (Å²) in [5.74, 6) is -1.07. The van der Waals surface area contributed by atoms with Gasteiger partial charge in [0.05, 0.1) is 5.69 Å². The summed E-state index contributed by atoms with van der Waals surface area (Å²) in [6.45, 7) is -0.0885. The van der Waals surface area contributed by atoms with Crippen LogP contribution in [0.15, 0.2) is 54.7 Å². The summed E-state index contributed by atoms with van der Waals surface area (Å²) in [5, 5.41) is 3.51. The Labute approximate surface area is 165 Å². The number of fused-ring (bicyclic) bond motifs is 1. The summed E-state index contributed by atoms with van der Waals surface area (Å²) in [4.78, 5) is 27.8. The Hall–Kier alpha value is -2.83. The van der Waals surface area contributed by atoms with E-state index in [-0.39, 0.29) is 11.8 Å². The molecule has 0 aliphatic carbocycles. The molecule has 1 aromatic carbocycles. The van der Waals surface area contributed by atoms with Crippen LogP contribution in [-0.2, 0) is 20.9 Å². The molecule has 0 fully saturated rings. The number of carbonyl (C=O) groups excluding carboxylic acids is 2. The van der Waals surface area contributed by atoms with Gasteiger partial charge in [0.25, 0.3) is 5.91 Å². The second-order valence-corrected chi connectivity index (χ2v) is 6.36. The van der Waals surface area contributed by atoms with Crippen LogP contribution in [0.4, 0.5) is 0 Å². The van der Waals surface area contributed by atoms with Crippen molar-refractivity contribution in [3.8, 4) is 0 Å². The molecule has 1 N–H and O–H groups in total. The highest BCUT2D eigenvalue weighted by molar-refractivity contribution is 6.31. The molecule has 6 nitrogen and oxygen atoms in total. The molecule has 0 unspecified atom stereocenters. The molecule has 0 radical (unpaired) electrons. The van der Waals surface area contributed by atoms with Crippen molar-refractivity contribution < 1.29 is 14.3 Å². The van der Waals surface area contributed by atoms with Crippen molar-refractivity contribution in [1.82, 2.24) is 14.7 Å². The van der Waals surface area contributed by atoms with Gasteiger partial charge in [0.1, 0.15) is 5.65 Å². The largest absolute Gasteiger partial charge is 0.452 e. The zero-order chi connectivity index (χ0) is 19.2. The predicted octanol–water partition coefficient (Wildman–Crippen LogP) is 3.51. The highest BCUT2D eigenvalue weighted by atomic mass is 35.5. The summed E-state index contributed by atoms with van der Waals surface area (Å²) < 4.78 is 6.67. The van der Waals surface area contributed by atoms with E-state index < -0.39 is 11.9 Å². The number of benzene rings is 1. The van der Waals surface area contributed by atoms with Crippen LogP contribution in [0.1, 0.15) is 11.3 Å². The van der Waals surface area contributed by atoms with E-state index in [1.165, 1.54) is 12.2 Å². The molecule has 0 atom stereocenters. The average molecular weight is 404 g/mol. The van der Waals surface area contributed by atoms with Crippen molar-refractivity contribution in [1.29, 1.82) is 0 Å². The maximum atomic E-state index is 11.8. The van der Waals surface area contributed by atoms with Gasteiger partial charge >= 0.3 is 5.97 Å². The number of hydrogen-bond donors (Lipinski definition) is 1. The van der Waals surface area contributed by atoms with Gasteiger partial charge in [-0.15, -0.1) is 0 Å². The molecule has 3 rings (SSSR count). The second-order valence-electron chi connectivity index (χ2n) is 5.56. The van der Waals surface area contributed by atoms with Crippen LogP contribution in [-0.4, -0.2) is 27.9 Å². The lowest BCUT2D eigenvalue weighted by Gasteiger charge is -2.06. The first kappa shape index (κ1) is 18.9. The SMILES string of the molecule is O=C(COC(=O)/C=C/c1c(Cl)nc2ccccn12)NCc1cccc(Cl)c1. The van der Waals surface area contributed by atoms with E-state index >= 15 is 0 Å². The van der Waals surface area contributed by atoms with Crippen molar-refractivity contribution in [2.45, 2.75) is 6.54 Å². The maximum absolute atomic E-state index is 11.8. The van der Waals surface area contributed by atoms with Crippen molar-refractivity contribution in [3.05, 3.63) is 76.2 Å². The van der Waals surface area contributed by atoms with Crippen molar-refractivity contribution in [2.75, 3.05) is 6.61 Å². The van der Waals surface area contributed by atoms with E-state index in [4.69, 9.17) is 27.9 Å². The van der Waals surface area contributed by atoms with Crippen molar-refractivity contribution in [3.63, 3.8) is 0 Å². The molecule has 8 heteroatoms. The molecule has 2 aromatic heterocycles. The summed E-state index contributed by atoms with van der Waals surface area (Å²) in [6, 6.07) is 12.6. The molecule has 0 aliphatic rings. The monoisotopic (exact) mass is 403 g/mol. The fourth-order valence-electron chi connectivity index (χ4n) is 2.37. The molecule has 138 valence electrons. The normalized spacial score (nSPS) is 11.0. The van der Waals surface area contributed by atoms with Crippen LogP contribution in [0.5, 0.6) is 0 Å². The minimum atomic E-state index is -0.658. The molecule has 3 aromatic rings. The molecule has 0 saturated heterocycles. The minimum absolute atomic E-state index is 0.268. The van der Waals surface area contributed by atoms with E-state index in [2.05, 4.69) is 10.3 Å². The first-order valence-electron chi connectivity index (χ1n) is 8.01. The standard InChI is InChI=1S/C19H15Cl2N3O3/c20-14-5-3-4-13(10-14)11-22-17(25)12-27-18(26)8-7-15-19(21)23-16-6-1-2-9-24(15)16/h1-10H,11-12H2,(H,22,25)/b8-7+. The molecule has 0 aliphatic heterocycles. The highest BCUT2D eigenvalue weighted by Crippen LogP contribution is 2.18. The lowest BCUT2D eigenvalue weighted by atomic mass is 10.2. The Balaban J connectivity index is 1.51. The van der Waals surface area contributed by atoms with Gasteiger partial charge < -0.3 is 10.1 Å². The summed E-state index contributed by atoms with van der Waals surface area (Å²) in [5.41, 5.74) is 2.06. The van der Waals surface area contributed by atoms with Gasteiger partial charge in [0, 0.05) is 23.8 Å². The minimum Gasteiger partial charge on any atom is -0.452 e. The van der Waals surface area contributed by atoms with Crippen molar-refractivity contribution in [2.24, 2.45) is 0 Å². The van der Waals surface area contributed by atoms with Crippen LogP contribution in [0, 0.1) is 0 Å². The van der Waals surface area contributed by atoms with E-state index in [0.717, 1.165) is 5.56 Å². The molecule has 0 saturated carbocycles. The number of carbonyl (C=O) groups is 2. The van der Waals surface area contributed by atoms with Crippen LogP contribution in [0.25, 0.3) is 11.7 Å². The van der Waals surface area contributed by atoms with Gasteiger partial charge in [-0.05, 0) is 35.9 Å². The Morgan fingerprint density at radius 1 is 1.19 bits per heavy atom. The fourth-order valence-corrected chi connectivity index (χ4v) is 2.82. The first-order valence-corrected chi connectivity index (χ1v) is 8.77. The van der Waals surface area contributed by atoms with E-state index in [9.17, 15) is 9.59 Å². The number of aromatic nitrogens is 2. The Morgan fingerprint density at radius 2 is 2.04 bits per heavy atom. The smallest absolute Gasteiger partial charge is 0.331 e. The summed E-state index contributed by atoms with van der Waals surface area (Å²) in [7, 11) is 0. The number of pyridine rings is 1. The van der Waals surface area contributed by atoms with Crippen LogP contribution in [0.3, 0.4) is 0 Å². The highest BCUT2D eigenvalue weighted by Gasteiger charge is 2.09. The number of nitrogens with zero attached hydrogens (tertiary/aromatic N) is 2. The number of hydrogen-bond acceptors (Lipinski definition) is 4. The van der Waals surface area contributed by atoms with Crippen LogP contribution in [0.2, 0.25) is 10.2 Å². The third-order valence-corrected chi connectivity index (χ3v) is 4.14. The van der Waals surface area contributed by atoms with Gasteiger partial charge in [-0.1, -0.05) is 41.4 Å². The molecule has 0 bridgehead atoms. The molecule has 1 amide bonds. The Bertz CT molecular complexity index is 1010. The molecular formula is C19H15Cl2N3O3. The first-order chi connectivity index (χ1) is 13.0. The second kappa shape index (κ2) is 8.70. The molecule has 27 heavy (non-hydrogen) atoms. The number of amides is 1. The summed E-state index contributed by atoms with van der Waals surface area (Å²) >= 11 is 12.0. The number of halogens is 2. The number of nitrogens with one attached hydrogen (secondary N) is 1. The van der Waals surface area contributed by atoms with Gasteiger partial charge in [-0.3, -0.25) is 9.20 Å². The van der Waals surface area contributed by atoms with E-state index in [1.807, 2.05) is 18.2 Å². The van der Waals surface area contributed by atoms with Crippen LogP contribution < -0.4 is 5.32 Å². The lowest BCUT2D eigenvalue weighted by molar-refractivity contribution is -0.143. The Morgan fingerprint density at radius 3 is 2.85 bits per heavy atom. The Kier molecular flexibility index (Phi) is 6.11. The quantitative estimate of drug-likeness (QED) is 0.504. The topological polar surface area (TPSA) is 72.7 Å². The number of rotatable bonds is 6. The lowest BCUT2D eigenvalue weighted by Crippen LogP contribution is -2.28.